The highest BCUT2D eigenvalue weighted by Crippen LogP contribution is 2.41. The van der Waals surface area contributed by atoms with Crippen molar-refractivity contribution in [3.63, 3.8) is 0 Å². The third-order valence-corrected chi connectivity index (χ3v) is 6.16. The second-order valence-corrected chi connectivity index (χ2v) is 8.29. The third kappa shape index (κ3) is 4.05. The summed E-state index contributed by atoms with van der Waals surface area (Å²) in [7, 11) is 3.12. The average Bonchev–Trinajstić information content (AvgIpc) is 3.38. The van der Waals surface area contributed by atoms with E-state index in [1.807, 2.05) is 12.1 Å². The zero-order chi connectivity index (χ0) is 24.7. The molecule has 0 aliphatic carbocycles. The maximum Gasteiger partial charge on any atom is 0.164 e. The number of methoxy groups -OCH3 is 2. The molecule has 35 heavy (non-hydrogen) atoms. The molecule has 3 heterocycles. The summed E-state index contributed by atoms with van der Waals surface area (Å²) < 4.78 is 31.9. The Kier molecular flexibility index (Phi) is 6.01. The molecule has 1 fully saturated rings. The van der Waals surface area contributed by atoms with Crippen LogP contribution >= 0.6 is 0 Å². The topological polar surface area (TPSA) is 111 Å². The fraction of sp³-hybridized carbons (Fsp3) is 0.280. The fourth-order valence-electron chi connectivity index (χ4n) is 4.32. The van der Waals surface area contributed by atoms with Gasteiger partial charge in [0.25, 0.3) is 0 Å². The number of benzene rings is 2. The molecule has 9 nitrogen and oxygen atoms in total. The van der Waals surface area contributed by atoms with Crippen molar-refractivity contribution in [2.45, 2.75) is 31.5 Å². The second kappa shape index (κ2) is 9.14. The van der Waals surface area contributed by atoms with Crippen molar-refractivity contribution in [1.29, 1.82) is 0 Å². The van der Waals surface area contributed by atoms with Gasteiger partial charge in [0, 0.05) is 17.4 Å². The molecule has 0 amide bonds. The van der Waals surface area contributed by atoms with E-state index in [2.05, 4.69) is 15.3 Å². The van der Waals surface area contributed by atoms with E-state index < -0.39 is 24.5 Å². The SMILES string of the molecule is COc1ccc(-c2cn([C@@H]3O[C@H](C)[C@@H](O)[C@H]3O)c3ncnc(Nc4ccc(F)cc4)c23)cc1OC. The summed E-state index contributed by atoms with van der Waals surface area (Å²) in [4.78, 5) is 8.91. The Hall–Kier alpha value is -3.73. The Morgan fingerprint density at radius 3 is 2.40 bits per heavy atom. The lowest BCUT2D eigenvalue weighted by molar-refractivity contribution is -0.0295. The van der Waals surface area contributed by atoms with Gasteiger partial charge in [-0.25, -0.2) is 14.4 Å². The Morgan fingerprint density at radius 2 is 1.74 bits per heavy atom. The highest BCUT2D eigenvalue weighted by atomic mass is 19.1. The Bertz CT molecular complexity index is 1360. The van der Waals surface area contributed by atoms with Gasteiger partial charge in [0.15, 0.2) is 17.7 Å². The molecule has 0 spiro atoms. The number of anilines is 2. The summed E-state index contributed by atoms with van der Waals surface area (Å²) in [5, 5.41) is 24.8. The van der Waals surface area contributed by atoms with Crippen molar-refractivity contribution in [2.75, 3.05) is 19.5 Å². The molecule has 4 aromatic rings. The summed E-state index contributed by atoms with van der Waals surface area (Å²) in [6.07, 6.45) is -0.414. The summed E-state index contributed by atoms with van der Waals surface area (Å²) in [5.41, 5.74) is 2.64. The van der Waals surface area contributed by atoms with Crippen LogP contribution < -0.4 is 14.8 Å². The highest BCUT2D eigenvalue weighted by molar-refractivity contribution is 6.02. The van der Waals surface area contributed by atoms with Gasteiger partial charge < -0.3 is 34.3 Å². The molecule has 1 aliphatic heterocycles. The van der Waals surface area contributed by atoms with E-state index in [-0.39, 0.29) is 5.82 Å². The Balaban J connectivity index is 1.71. The molecular formula is C25H25FN4O5. The summed E-state index contributed by atoms with van der Waals surface area (Å²) in [5.74, 6) is 1.25. The molecule has 0 unspecified atom stereocenters. The number of hydrogen-bond acceptors (Lipinski definition) is 8. The van der Waals surface area contributed by atoms with Crippen LogP contribution in [0.2, 0.25) is 0 Å². The van der Waals surface area contributed by atoms with E-state index in [0.717, 1.165) is 11.1 Å². The van der Waals surface area contributed by atoms with Crippen LogP contribution in [0.15, 0.2) is 55.0 Å². The Morgan fingerprint density at radius 1 is 1.00 bits per heavy atom. The molecule has 2 aromatic carbocycles. The monoisotopic (exact) mass is 480 g/mol. The van der Waals surface area contributed by atoms with Gasteiger partial charge in [0.2, 0.25) is 0 Å². The van der Waals surface area contributed by atoms with Crippen LogP contribution in [0.4, 0.5) is 15.9 Å². The average molecular weight is 480 g/mol. The molecule has 2 aromatic heterocycles. The smallest absolute Gasteiger partial charge is 0.164 e. The van der Waals surface area contributed by atoms with Gasteiger partial charge in [-0.3, -0.25) is 0 Å². The van der Waals surface area contributed by atoms with Crippen LogP contribution in [0.1, 0.15) is 13.2 Å². The van der Waals surface area contributed by atoms with Crippen molar-refractivity contribution in [2.24, 2.45) is 0 Å². The first-order valence-electron chi connectivity index (χ1n) is 11.0. The standard InChI is InChI=1S/C25H25FN4O5/c1-13-21(31)22(32)25(35-13)30-11-17(14-4-9-18(33-2)19(10-14)34-3)20-23(27-12-28-24(20)30)29-16-7-5-15(26)6-8-16/h4-13,21-22,25,31-32H,1-3H3,(H,27,28,29)/t13-,21-,22-,25-/m1/s1. The molecule has 182 valence electrons. The van der Waals surface area contributed by atoms with E-state index in [1.54, 1.807) is 50.1 Å². The maximum absolute atomic E-state index is 13.4. The zero-order valence-electron chi connectivity index (χ0n) is 19.3. The zero-order valence-corrected chi connectivity index (χ0v) is 19.3. The number of nitrogens with zero attached hydrogens (tertiary/aromatic N) is 3. The molecule has 3 N–H and O–H groups in total. The van der Waals surface area contributed by atoms with Gasteiger partial charge in [0.1, 0.15) is 35.8 Å². The van der Waals surface area contributed by atoms with Crippen molar-refractivity contribution in [3.8, 4) is 22.6 Å². The predicted molar refractivity (Wildman–Crippen MR) is 127 cm³/mol. The van der Waals surface area contributed by atoms with E-state index in [9.17, 15) is 14.6 Å². The van der Waals surface area contributed by atoms with Crippen LogP contribution in [0.3, 0.4) is 0 Å². The molecular weight excluding hydrogens is 455 g/mol. The number of ether oxygens (including phenoxy) is 3. The first kappa shape index (κ1) is 23.0. The first-order valence-corrected chi connectivity index (χ1v) is 11.0. The lowest BCUT2D eigenvalue weighted by Gasteiger charge is -2.17. The number of halogens is 1. The van der Waals surface area contributed by atoms with Gasteiger partial charge in [-0.1, -0.05) is 6.07 Å². The van der Waals surface area contributed by atoms with Gasteiger partial charge in [-0.05, 0) is 48.9 Å². The van der Waals surface area contributed by atoms with Crippen LogP contribution in [-0.2, 0) is 4.74 Å². The second-order valence-electron chi connectivity index (χ2n) is 8.29. The normalized spacial score (nSPS) is 21.9. The lowest BCUT2D eigenvalue weighted by atomic mass is 10.1. The minimum atomic E-state index is -1.15. The quantitative estimate of drug-likeness (QED) is 0.384. The van der Waals surface area contributed by atoms with E-state index in [1.165, 1.54) is 18.5 Å². The highest BCUT2D eigenvalue weighted by Gasteiger charge is 2.42. The van der Waals surface area contributed by atoms with Crippen molar-refractivity contribution in [3.05, 3.63) is 60.8 Å². The van der Waals surface area contributed by atoms with Crippen molar-refractivity contribution < 1.29 is 28.8 Å². The molecule has 1 aliphatic rings. The van der Waals surface area contributed by atoms with Crippen molar-refractivity contribution in [1.82, 2.24) is 14.5 Å². The van der Waals surface area contributed by atoms with Crippen LogP contribution in [0.25, 0.3) is 22.2 Å². The lowest BCUT2D eigenvalue weighted by Crippen LogP contribution is -2.30. The summed E-state index contributed by atoms with van der Waals surface area (Å²) in [6, 6.07) is 11.4. The van der Waals surface area contributed by atoms with Gasteiger partial charge in [0.05, 0.1) is 25.7 Å². The van der Waals surface area contributed by atoms with E-state index >= 15 is 0 Å². The number of aliphatic hydroxyl groups is 2. The first-order chi connectivity index (χ1) is 16.9. The summed E-state index contributed by atoms with van der Waals surface area (Å²) in [6.45, 7) is 1.70. The van der Waals surface area contributed by atoms with Crippen LogP contribution in [0.5, 0.6) is 11.5 Å². The number of rotatable bonds is 6. The largest absolute Gasteiger partial charge is 0.493 e. The molecule has 0 bridgehead atoms. The van der Waals surface area contributed by atoms with Gasteiger partial charge >= 0.3 is 0 Å². The third-order valence-electron chi connectivity index (χ3n) is 6.16. The predicted octanol–water partition coefficient (Wildman–Crippen LogP) is 3.64. The molecule has 5 rings (SSSR count). The molecule has 10 heteroatoms. The minimum absolute atomic E-state index is 0.347. The summed E-state index contributed by atoms with van der Waals surface area (Å²) >= 11 is 0. The van der Waals surface area contributed by atoms with Crippen LogP contribution in [-0.4, -0.2) is 57.3 Å². The maximum atomic E-state index is 13.4. The number of aliphatic hydroxyl groups excluding tert-OH is 2. The number of fused-ring (bicyclic) bond motifs is 1. The van der Waals surface area contributed by atoms with E-state index in [0.29, 0.717) is 34.0 Å². The number of hydrogen-bond donors (Lipinski definition) is 3. The van der Waals surface area contributed by atoms with Gasteiger partial charge in [-0.15, -0.1) is 0 Å². The number of nitrogens with one attached hydrogen (secondary N) is 1. The Labute approximate surface area is 200 Å². The van der Waals surface area contributed by atoms with Crippen molar-refractivity contribution >= 4 is 22.5 Å². The van der Waals surface area contributed by atoms with Gasteiger partial charge in [-0.2, -0.15) is 0 Å². The molecule has 0 radical (unpaired) electrons. The molecule has 4 atom stereocenters. The van der Waals surface area contributed by atoms with Crippen LogP contribution in [0, 0.1) is 5.82 Å². The number of aromatic nitrogens is 3. The van der Waals surface area contributed by atoms with E-state index in [4.69, 9.17) is 14.2 Å². The fourth-order valence-corrected chi connectivity index (χ4v) is 4.32. The molecule has 1 saturated heterocycles. The molecule has 0 saturated carbocycles. The minimum Gasteiger partial charge on any atom is -0.493 e.